The lowest BCUT2D eigenvalue weighted by molar-refractivity contribution is -0.121. The second-order valence-corrected chi connectivity index (χ2v) is 8.51. The first kappa shape index (κ1) is 15.6. The van der Waals surface area contributed by atoms with Gasteiger partial charge in [0.2, 0.25) is 5.91 Å². The molecule has 2 aliphatic heterocycles. The molecule has 1 aromatic rings. The van der Waals surface area contributed by atoms with Gasteiger partial charge in [-0.25, -0.2) is 8.42 Å². The lowest BCUT2D eigenvalue weighted by Crippen LogP contribution is -2.36. The Morgan fingerprint density at radius 1 is 1.27 bits per heavy atom. The van der Waals surface area contributed by atoms with Crippen LogP contribution >= 0.6 is 15.9 Å². The lowest BCUT2D eigenvalue weighted by atomic mass is 10.1. The number of halogens is 1. The highest BCUT2D eigenvalue weighted by molar-refractivity contribution is 9.10. The Labute approximate surface area is 137 Å². The Balaban J connectivity index is 1.66. The van der Waals surface area contributed by atoms with Gasteiger partial charge in [0, 0.05) is 10.5 Å². The summed E-state index contributed by atoms with van der Waals surface area (Å²) in [6.07, 6.45) is 0.643. The van der Waals surface area contributed by atoms with Crippen LogP contribution in [0.1, 0.15) is 12.0 Å². The molecule has 1 aromatic carbocycles. The Bertz CT molecular complexity index is 703. The van der Waals surface area contributed by atoms with Crippen LogP contribution in [0.25, 0.3) is 0 Å². The molecule has 0 unspecified atom stereocenters. The number of fused-ring (bicyclic) bond motifs is 1. The molecule has 0 saturated carbocycles. The Morgan fingerprint density at radius 3 is 2.59 bits per heavy atom. The van der Waals surface area contributed by atoms with E-state index in [0.717, 1.165) is 10.0 Å². The van der Waals surface area contributed by atoms with Gasteiger partial charge in [0.15, 0.2) is 21.3 Å². The SMILES string of the molecule is O=C(Cc1cc2c(cc1Br)OCCO2)N[C@@H]1CCS(=O)(=O)C1. The van der Waals surface area contributed by atoms with Crippen LogP contribution in [0.4, 0.5) is 0 Å². The molecule has 0 aliphatic carbocycles. The summed E-state index contributed by atoms with van der Waals surface area (Å²) in [7, 11) is -2.99. The standard InChI is InChI=1S/C14H16BrNO5S/c15-11-7-13-12(20-2-3-21-13)5-9(11)6-14(17)16-10-1-4-22(18,19)8-10/h5,7,10H,1-4,6,8H2,(H,16,17)/t10-/m1/s1. The van der Waals surface area contributed by atoms with Crippen LogP contribution in [0.3, 0.4) is 0 Å². The molecule has 1 fully saturated rings. The molecule has 6 nitrogen and oxygen atoms in total. The van der Waals surface area contributed by atoms with Gasteiger partial charge in [-0.1, -0.05) is 15.9 Å². The normalized spacial score (nSPS) is 22.3. The monoisotopic (exact) mass is 389 g/mol. The van der Waals surface area contributed by atoms with Crippen molar-refractivity contribution in [2.45, 2.75) is 18.9 Å². The van der Waals surface area contributed by atoms with E-state index in [1.54, 1.807) is 12.1 Å². The average Bonchev–Trinajstić information content (AvgIpc) is 2.78. The molecule has 1 atom stereocenters. The van der Waals surface area contributed by atoms with Gasteiger partial charge in [0.25, 0.3) is 0 Å². The van der Waals surface area contributed by atoms with Crippen LogP contribution in [0, 0.1) is 0 Å². The van der Waals surface area contributed by atoms with E-state index < -0.39 is 9.84 Å². The van der Waals surface area contributed by atoms with E-state index in [4.69, 9.17) is 9.47 Å². The van der Waals surface area contributed by atoms with Crippen molar-refractivity contribution >= 4 is 31.7 Å². The number of hydrogen-bond acceptors (Lipinski definition) is 5. The minimum absolute atomic E-state index is 0.0288. The van der Waals surface area contributed by atoms with Crippen LogP contribution < -0.4 is 14.8 Å². The van der Waals surface area contributed by atoms with E-state index >= 15 is 0 Å². The third kappa shape index (κ3) is 3.55. The zero-order valence-corrected chi connectivity index (χ0v) is 14.2. The molecule has 120 valence electrons. The molecule has 2 heterocycles. The van der Waals surface area contributed by atoms with Crippen molar-refractivity contribution in [3.05, 3.63) is 22.2 Å². The molecule has 22 heavy (non-hydrogen) atoms. The first-order chi connectivity index (χ1) is 10.4. The van der Waals surface area contributed by atoms with E-state index in [1.807, 2.05) is 0 Å². The summed E-state index contributed by atoms with van der Waals surface area (Å²) in [5, 5.41) is 2.78. The summed E-state index contributed by atoms with van der Waals surface area (Å²) in [4.78, 5) is 12.1. The fourth-order valence-corrected chi connectivity index (χ4v) is 4.74. The van der Waals surface area contributed by atoms with Gasteiger partial charge in [-0.3, -0.25) is 4.79 Å². The van der Waals surface area contributed by atoms with E-state index in [2.05, 4.69) is 21.2 Å². The van der Waals surface area contributed by atoms with Gasteiger partial charge >= 0.3 is 0 Å². The molecule has 1 saturated heterocycles. The van der Waals surface area contributed by atoms with Crippen molar-refractivity contribution in [2.75, 3.05) is 24.7 Å². The Kier molecular flexibility index (Phi) is 4.31. The molecule has 0 spiro atoms. The molecule has 0 radical (unpaired) electrons. The number of carbonyl (C=O) groups is 1. The van der Waals surface area contributed by atoms with Gasteiger partial charge in [-0.15, -0.1) is 0 Å². The lowest BCUT2D eigenvalue weighted by Gasteiger charge is -2.20. The van der Waals surface area contributed by atoms with E-state index in [9.17, 15) is 13.2 Å². The quantitative estimate of drug-likeness (QED) is 0.835. The fourth-order valence-electron chi connectivity index (χ4n) is 2.60. The van der Waals surface area contributed by atoms with Gasteiger partial charge in [0.1, 0.15) is 13.2 Å². The first-order valence-electron chi connectivity index (χ1n) is 7.01. The number of carbonyl (C=O) groups excluding carboxylic acids is 1. The minimum atomic E-state index is -2.99. The molecule has 2 aliphatic rings. The summed E-state index contributed by atoms with van der Waals surface area (Å²) in [6, 6.07) is 3.29. The second-order valence-electron chi connectivity index (χ2n) is 5.43. The molecular weight excluding hydrogens is 374 g/mol. The van der Waals surface area contributed by atoms with E-state index in [-0.39, 0.29) is 29.9 Å². The van der Waals surface area contributed by atoms with Crippen molar-refractivity contribution in [3.63, 3.8) is 0 Å². The van der Waals surface area contributed by atoms with Crippen molar-refractivity contribution in [2.24, 2.45) is 0 Å². The summed E-state index contributed by atoms with van der Waals surface area (Å²) < 4.78 is 34.6. The highest BCUT2D eigenvalue weighted by Gasteiger charge is 2.29. The predicted octanol–water partition coefficient (Wildman–Crippen LogP) is 1.07. The average molecular weight is 390 g/mol. The van der Waals surface area contributed by atoms with Crippen LogP contribution in [-0.2, 0) is 21.1 Å². The number of hydrogen-bond donors (Lipinski definition) is 1. The number of rotatable bonds is 3. The molecule has 0 bridgehead atoms. The molecule has 0 aromatic heterocycles. The fraction of sp³-hybridized carbons (Fsp3) is 0.500. The second kappa shape index (κ2) is 6.08. The summed E-state index contributed by atoms with van der Waals surface area (Å²) >= 11 is 3.42. The zero-order valence-electron chi connectivity index (χ0n) is 11.8. The maximum absolute atomic E-state index is 12.1. The number of sulfone groups is 1. The van der Waals surface area contributed by atoms with Crippen molar-refractivity contribution < 1.29 is 22.7 Å². The van der Waals surface area contributed by atoms with Crippen LogP contribution in [-0.4, -0.2) is 45.1 Å². The number of nitrogens with one attached hydrogen (secondary N) is 1. The molecule has 1 amide bonds. The maximum Gasteiger partial charge on any atom is 0.224 e. The molecule has 8 heteroatoms. The minimum Gasteiger partial charge on any atom is -0.486 e. The Hall–Kier alpha value is -1.28. The summed E-state index contributed by atoms with van der Waals surface area (Å²) in [6.45, 7) is 0.996. The number of ether oxygens (including phenoxy) is 2. The zero-order chi connectivity index (χ0) is 15.7. The first-order valence-corrected chi connectivity index (χ1v) is 9.62. The van der Waals surface area contributed by atoms with Gasteiger partial charge in [-0.05, 0) is 24.1 Å². The molecule has 1 N–H and O–H groups in total. The Morgan fingerprint density at radius 2 is 1.95 bits per heavy atom. The van der Waals surface area contributed by atoms with E-state index in [0.29, 0.717) is 31.1 Å². The van der Waals surface area contributed by atoms with Crippen LogP contribution in [0.2, 0.25) is 0 Å². The van der Waals surface area contributed by atoms with Crippen LogP contribution in [0.5, 0.6) is 11.5 Å². The highest BCUT2D eigenvalue weighted by Crippen LogP contribution is 2.35. The molecule has 3 rings (SSSR count). The summed E-state index contributed by atoms with van der Waals surface area (Å²) in [5.74, 6) is 1.26. The van der Waals surface area contributed by atoms with Crippen LogP contribution in [0.15, 0.2) is 16.6 Å². The van der Waals surface area contributed by atoms with Crippen molar-refractivity contribution in [1.29, 1.82) is 0 Å². The maximum atomic E-state index is 12.1. The third-order valence-electron chi connectivity index (χ3n) is 3.66. The highest BCUT2D eigenvalue weighted by atomic mass is 79.9. The third-order valence-corrected chi connectivity index (χ3v) is 6.17. The summed E-state index contributed by atoms with van der Waals surface area (Å²) in [5.41, 5.74) is 0.780. The van der Waals surface area contributed by atoms with Gasteiger partial charge in [0.05, 0.1) is 17.9 Å². The predicted molar refractivity (Wildman–Crippen MR) is 84.0 cm³/mol. The van der Waals surface area contributed by atoms with E-state index in [1.165, 1.54) is 0 Å². The largest absolute Gasteiger partial charge is 0.486 e. The topological polar surface area (TPSA) is 81.7 Å². The smallest absolute Gasteiger partial charge is 0.224 e. The number of amides is 1. The van der Waals surface area contributed by atoms with Crippen molar-refractivity contribution in [1.82, 2.24) is 5.32 Å². The van der Waals surface area contributed by atoms with Crippen molar-refractivity contribution in [3.8, 4) is 11.5 Å². The van der Waals surface area contributed by atoms with Gasteiger partial charge in [-0.2, -0.15) is 0 Å². The number of benzene rings is 1. The van der Waals surface area contributed by atoms with Gasteiger partial charge < -0.3 is 14.8 Å². The molecular formula is C14H16BrNO5S.